The summed E-state index contributed by atoms with van der Waals surface area (Å²) >= 11 is 1.64. The van der Waals surface area contributed by atoms with Crippen LogP contribution in [-0.2, 0) is 6.54 Å². The zero-order chi connectivity index (χ0) is 20.1. The lowest BCUT2D eigenvalue weighted by Crippen LogP contribution is -2.30. The Labute approximate surface area is 174 Å². The number of hydrogen-bond acceptors (Lipinski definition) is 7. The van der Waals surface area contributed by atoms with Crippen molar-refractivity contribution < 1.29 is 4.79 Å². The van der Waals surface area contributed by atoms with E-state index < -0.39 is 0 Å². The molecule has 0 unspecified atom stereocenters. The number of piperidine rings is 1. The van der Waals surface area contributed by atoms with Crippen LogP contribution in [0, 0.1) is 0 Å². The Kier molecular flexibility index (Phi) is 6.24. The quantitative estimate of drug-likeness (QED) is 0.472. The van der Waals surface area contributed by atoms with E-state index in [4.69, 9.17) is 9.97 Å². The molecule has 0 bridgehead atoms. The average Bonchev–Trinajstić information content (AvgIpc) is 3.17. The Morgan fingerprint density at radius 3 is 2.83 bits per heavy atom. The van der Waals surface area contributed by atoms with E-state index in [1.54, 1.807) is 36.2 Å². The van der Waals surface area contributed by atoms with Gasteiger partial charge in [-0.2, -0.15) is 5.10 Å². The molecule has 0 aliphatic carbocycles. The molecule has 0 radical (unpaired) electrons. The number of amides is 1. The van der Waals surface area contributed by atoms with E-state index in [0.717, 1.165) is 40.9 Å². The summed E-state index contributed by atoms with van der Waals surface area (Å²) in [5.41, 5.74) is 1.23. The Balaban J connectivity index is 1.53. The molecule has 9 heteroatoms. The van der Waals surface area contributed by atoms with Gasteiger partial charge in [-0.25, -0.2) is 14.6 Å². The molecule has 3 aromatic heterocycles. The molecule has 1 aliphatic rings. The van der Waals surface area contributed by atoms with Crippen LogP contribution in [0.1, 0.15) is 36.7 Å². The third-order valence-electron chi connectivity index (χ3n) is 4.89. The number of nitrogens with one attached hydrogen (secondary N) is 1. The Morgan fingerprint density at radius 1 is 1.21 bits per heavy atom. The van der Waals surface area contributed by atoms with Gasteiger partial charge >= 0.3 is 0 Å². The minimum absolute atomic E-state index is 0.187. The maximum Gasteiger partial charge on any atom is 0.269 e. The highest BCUT2D eigenvalue weighted by Gasteiger charge is 2.20. The fourth-order valence-corrected chi connectivity index (χ4v) is 4.05. The monoisotopic (exact) mass is 411 g/mol. The number of rotatable bonds is 7. The molecule has 29 heavy (non-hydrogen) atoms. The maximum atomic E-state index is 12.2. The van der Waals surface area contributed by atoms with Crippen molar-refractivity contribution in [3.05, 3.63) is 36.3 Å². The van der Waals surface area contributed by atoms with Gasteiger partial charge in [0.2, 0.25) is 0 Å². The lowest BCUT2D eigenvalue weighted by Gasteiger charge is -2.28. The van der Waals surface area contributed by atoms with E-state index in [1.807, 2.05) is 10.9 Å². The van der Waals surface area contributed by atoms with Gasteiger partial charge in [-0.3, -0.25) is 9.78 Å². The van der Waals surface area contributed by atoms with Gasteiger partial charge < -0.3 is 10.2 Å². The first-order valence-electron chi connectivity index (χ1n) is 10.1. The van der Waals surface area contributed by atoms with Crippen molar-refractivity contribution in [2.75, 3.05) is 30.3 Å². The topological polar surface area (TPSA) is 88.8 Å². The summed E-state index contributed by atoms with van der Waals surface area (Å²) in [5, 5.41) is 9.18. The number of hydrogen-bond donors (Lipinski definition) is 1. The second-order valence-corrected chi connectivity index (χ2v) is 8.12. The van der Waals surface area contributed by atoms with E-state index in [0.29, 0.717) is 18.8 Å². The van der Waals surface area contributed by atoms with Gasteiger partial charge in [0, 0.05) is 25.8 Å². The molecule has 8 nitrogen and oxygen atoms in total. The van der Waals surface area contributed by atoms with Crippen LogP contribution in [-0.4, -0.2) is 56.0 Å². The van der Waals surface area contributed by atoms with Crippen molar-refractivity contribution in [3.8, 4) is 0 Å². The van der Waals surface area contributed by atoms with Crippen molar-refractivity contribution in [3.63, 3.8) is 0 Å². The number of pyridine rings is 1. The molecule has 152 valence electrons. The number of aromatic nitrogens is 5. The molecule has 0 spiro atoms. The zero-order valence-electron chi connectivity index (χ0n) is 16.5. The molecule has 0 atom stereocenters. The fraction of sp³-hybridized carbons (Fsp3) is 0.450. The summed E-state index contributed by atoms with van der Waals surface area (Å²) in [6.07, 6.45) is 7.11. The summed E-state index contributed by atoms with van der Waals surface area (Å²) in [6, 6.07) is 5.29. The number of anilines is 1. The lowest BCUT2D eigenvalue weighted by atomic mass is 10.1. The number of thioether (sulfide) groups is 1. The van der Waals surface area contributed by atoms with Crippen molar-refractivity contribution in [2.45, 2.75) is 37.9 Å². The van der Waals surface area contributed by atoms with Crippen LogP contribution >= 0.6 is 11.8 Å². The van der Waals surface area contributed by atoms with Crippen molar-refractivity contribution in [2.24, 2.45) is 0 Å². The zero-order valence-corrected chi connectivity index (χ0v) is 17.4. The van der Waals surface area contributed by atoms with Crippen LogP contribution in [0.15, 0.2) is 35.7 Å². The van der Waals surface area contributed by atoms with E-state index in [-0.39, 0.29) is 5.91 Å². The van der Waals surface area contributed by atoms with E-state index in [1.165, 1.54) is 19.3 Å². The summed E-state index contributed by atoms with van der Waals surface area (Å²) in [7, 11) is 0. The molecular weight excluding hydrogens is 386 g/mol. The van der Waals surface area contributed by atoms with Crippen molar-refractivity contribution >= 4 is 34.5 Å². The molecule has 4 rings (SSSR count). The normalized spacial score (nSPS) is 14.3. The summed E-state index contributed by atoms with van der Waals surface area (Å²) in [5.74, 6) is 1.71. The van der Waals surface area contributed by atoms with Gasteiger partial charge in [-0.1, -0.05) is 24.8 Å². The second-order valence-electron chi connectivity index (χ2n) is 6.89. The number of nitrogens with zero attached hydrogens (tertiary/aromatic N) is 6. The van der Waals surface area contributed by atoms with E-state index >= 15 is 0 Å². The lowest BCUT2D eigenvalue weighted by molar-refractivity contribution is 0.0947. The molecule has 3 aromatic rings. The third-order valence-corrected chi connectivity index (χ3v) is 5.62. The molecule has 1 amide bonds. The van der Waals surface area contributed by atoms with Crippen LogP contribution in [0.5, 0.6) is 0 Å². The largest absolute Gasteiger partial charge is 0.356 e. The molecule has 0 aromatic carbocycles. The standard InChI is InChI=1S/C20H25N7OS/c1-2-29-20-24-17(26-11-6-3-7-12-26)15-14-23-27(18(15)25-20)13-10-22-19(28)16-8-4-5-9-21-16/h4-5,8-9,14H,2-3,6-7,10-13H2,1H3,(H,22,28). The predicted octanol–water partition coefficient (Wildman–Crippen LogP) is 2.75. The smallest absolute Gasteiger partial charge is 0.269 e. The van der Waals surface area contributed by atoms with Crippen molar-refractivity contribution in [1.82, 2.24) is 30.0 Å². The summed E-state index contributed by atoms with van der Waals surface area (Å²) in [4.78, 5) is 28.2. The van der Waals surface area contributed by atoms with Crippen LogP contribution in [0.25, 0.3) is 11.0 Å². The summed E-state index contributed by atoms with van der Waals surface area (Å²) in [6.45, 7) is 5.13. The number of carbonyl (C=O) groups excluding carboxylic acids is 1. The van der Waals surface area contributed by atoms with Crippen molar-refractivity contribution in [1.29, 1.82) is 0 Å². The van der Waals surface area contributed by atoms with Gasteiger partial charge in [0.25, 0.3) is 5.91 Å². The van der Waals surface area contributed by atoms with Crippen LogP contribution in [0.3, 0.4) is 0 Å². The summed E-state index contributed by atoms with van der Waals surface area (Å²) < 4.78 is 1.85. The van der Waals surface area contributed by atoms with Crippen LogP contribution < -0.4 is 10.2 Å². The second kappa shape index (κ2) is 9.21. The Morgan fingerprint density at radius 2 is 2.07 bits per heavy atom. The highest BCUT2D eigenvalue weighted by Crippen LogP contribution is 2.29. The number of carbonyl (C=O) groups is 1. The number of fused-ring (bicyclic) bond motifs is 1. The third kappa shape index (κ3) is 4.50. The first-order valence-corrected chi connectivity index (χ1v) is 11.1. The first kappa shape index (κ1) is 19.6. The average molecular weight is 412 g/mol. The van der Waals surface area contributed by atoms with Crippen LogP contribution in [0.4, 0.5) is 5.82 Å². The molecule has 4 heterocycles. The first-order chi connectivity index (χ1) is 14.3. The highest BCUT2D eigenvalue weighted by molar-refractivity contribution is 7.99. The van der Waals surface area contributed by atoms with Gasteiger partial charge in [-0.05, 0) is 37.1 Å². The van der Waals surface area contributed by atoms with Gasteiger partial charge in [0.05, 0.1) is 18.1 Å². The van der Waals surface area contributed by atoms with Gasteiger partial charge in [-0.15, -0.1) is 0 Å². The minimum atomic E-state index is -0.187. The maximum absolute atomic E-state index is 12.2. The molecule has 1 fully saturated rings. The molecule has 1 aliphatic heterocycles. The van der Waals surface area contributed by atoms with E-state index in [9.17, 15) is 4.79 Å². The Bertz CT molecular complexity index is 970. The van der Waals surface area contributed by atoms with Gasteiger partial charge in [0.15, 0.2) is 10.8 Å². The molecule has 1 saturated heterocycles. The van der Waals surface area contributed by atoms with Gasteiger partial charge in [0.1, 0.15) is 11.5 Å². The molecule has 1 N–H and O–H groups in total. The molecule has 0 saturated carbocycles. The SMILES string of the molecule is CCSc1nc(N2CCCCC2)c2cnn(CCNC(=O)c3ccccn3)c2n1. The Hall–Kier alpha value is -2.68. The fourth-order valence-electron chi connectivity index (χ4n) is 3.49. The molecular formula is C20H25N7OS. The highest BCUT2D eigenvalue weighted by atomic mass is 32.2. The van der Waals surface area contributed by atoms with Crippen LogP contribution in [0.2, 0.25) is 0 Å². The minimum Gasteiger partial charge on any atom is -0.356 e. The predicted molar refractivity (Wildman–Crippen MR) is 114 cm³/mol. The van der Waals surface area contributed by atoms with E-state index in [2.05, 4.69) is 27.2 Å².